The number of nitrogens with zero attached hydrogens (tertiary/aromatic N) is 1. The Labute approximate surface area is 112 Å². The number of anilines is 1. The fraction of sp³-hybridized carbons (Fsp3) is 0.125. The maximum absolute atomic E-state index is 9.25. The molecular formula is C16H16N2O. The van der Waals surface area contributed by atoms with Crippen LogP contribution in [0.2, 0.25) is 0 Å². The highest BCUT2D eigenvalue weighted by atomic mass is 16.3. The minimum atomic E-state index is 0.287. The highest BCUT2D eigenvalue weighted by Crippen LogP contribution is 2.20. The molecule has 3 heteroatoms. The van der Waals surface area contributed by atoms with E-state index < -0.39 is 0 Å². The van der Waals surface area contributed by atoms with Gasteiger partial charge in [-0.3, -0.25) is 0 Å². The highest BCUT2D eigenvalue weighted by molar-refractivity contribution is 5.81. The summed E-state index contributed by atoms with van der Waals surface area (Å²) in [5.74, 6) is 0.287. The average molecular weight is 252 g/mol. The van der Waals surface area contributed by atoms with Gasteiger partial charge in [0.1, 0.15) is 5.75 Å². The van der Waals surface area contributed by atoms with Crippen molar-refractivity contribution in [1.82, 2.24) is 4.57 Å². The second kappa shape index (κ2) is 4.69. The van der Waals surface area contributed by atoms with Crippen LogP contribution in [-0.2, 0) is 13.6 Å². The van der Waals surface area contributed by atoms with Crippen LogP contribution in [0.5, 0.6) is 5.75 Å². The van der Waals surface area contributed by atoms with Gasteiger partial charge < -0.3 is 15.0 Å². The van der Waals surface area contributed by atoms with E-state index in [1.54, 1.807) is 12.1 Å². The predicted molar refractivity (Wildman–Crippen MR) is 78.4 cm³/mol. The third-order valence-electron chi connectivity index (χ3n) is 3.39. The highest BCUT2D eigenvalue weighted by Gasteiger charge is 2.04. The van der Waals surface area contributed by atoms with Gasteiger partial charge in [0.05, 0.1) is 6.54 Å². The van der Waals surface area contributed by atoms with E-state index in [1.165, 1.54) is 16.6 Å². The average Bonchev–Trinajstić information content (AvgIpc) is 2.76. The molecule has 3 rings (SSSR count). The van der Waals surface area contributed by atoms with Gasteiger partial charge in [-0.1, -0.05) is 18.2 Å². The summed E-state index contributed by atoms with van der Waals surface area (Å²) in [4.78, 5) is 0. The van der Waals surface area contributed by atoms with Crippen molar-refractivity contribution < 1.29 is 5.11 Å². The van der Waals surface area contributed by atoms with Crippen molar-refractivity contribution in [3.8, 4) is 5.75 Å². The van der Waals surface area contributed by atoms with Crippen molar-refractivity contribution in [1.29, 1.82) is 0 Å². The Balaban J connectivity index is 1.82. The molecule has 0 aliphatic carbocycles. The molecule has 3 aromatic rings. The summed E-state index contributed by atoms with van der Waals surface area (Å²) < 4.78 is 2.20. The third-order valence-corrected chi connectivity index (χ3v) is 3.39. The van der Waals surface area contributed by atoms with Crippen LogP contribution < -0.4 is 5.32 Å². The number of aromatic nitrogens is 1. The first kappa shape index (κ1) is 11.7. The SMILES string of the molecule is Cn1c(CNc2ccc(O)cc2)cc2ccccc21. The van der Waals surface area contributed by atoms with Gasteiger partial charge in [-0.05, 0) is 41.8 Å². The van der Waals surface area contributed by atoms with Crippen LogP contribution in [0.4, 0.5) is 5.69 Å². The van der Waals surface area contributed by atoms with E-state index in [1.807, 2.05) is 12.1 Å². The lowest BCUT2D eigenvalue weighted by molar-refractivity contribution is 0.475. The normalized spacial score (nSPS) is 10.8. The number of nitrogens with one attached hydrogen (secondary N) is 1. The lowest BCUT2D eigenvalue weighted by Gasteiger charge is -2.08. The van der Waals surface area contributed by atoms with Crippen molar-refractivity contribution in [3.63, 3.8) is 0 Å². The number of rotatable bonds is 3. The number of aryl methyl sites for hydroxylation is 1. The fourth-order valence-corrected chi connectivity index (χ4v) is 2.29. The zero-order valence-corrected chi connectivity index (χ0v) is 10.8. The van der Waals surface area contributed by atoms with Gasteiger partial charge >= 0.3 is 0 Å². The lowest BCUT2D eigenvalue weighted by atomic mass is 10.2. The van der Waals surface area contributed by atoms with Gasteiger partial charge in [0, 0.05) is 23.9 Å². The number of phenols is 1. The van der Waals surface area contributed by atoms with Gasteiger partial charge in [-0.15, -0.1) is 0 Å². The van der Waals surface area contributed by atoms with Crippen molar-refractivity contribution in [2.45, 2.75) is 6.54 Å². The Hall–Kier alpha value is -2.42. The van der Waals surface area contributed by atoms with Gasteiger partial charge in [0.15, 0.2) is 0 Å². The van der Waals surface area contributed by atoms with E-state index in [0.29, 0.717) is 0 Å². The van der Waals surface area contributed by atoms with Crippen LogP contribution in [0.3, 0.4) is 0 Å². The van der Waals surface area contributed by atoms with Crippen LogP contribution in [0.25, 0.3) is 10.9 Å². The van der Waals surface area contributed by atoms with Gasteiger partial charge in [0.2, 0.25) is 0 Å². The van der Waals surface area contributed by atoms with Gasteiger partial charge in [-0.25, -0.2) is 0 Å². The summed E-state index contributed by atoms with van der Waals surface area (Å²) in [5, 5.41) is 13.9. The Morgan fingerprint density at radius 2 is 1.79 bits per heavy atom. The number of fused-ring (bicyclic) bond motifs is 1. The van der Waals surface area contributed by atoms with Gasteiger partial charge in [0.25, 0.3) is 0 Å². The molecule has 1 aromatic heterocycles. The van der Waals surface area contributed by atoms with Crippen LogP contribution in [0, 0.1) is 0 Å². The fourth-order valence-electron chi connectivity index (χ4n) is 2.29. The number of phenolic OH excluding ortho intramolecular Hbond substituents is 1. The van der Waals surface area contributed by atoms with Crippen LogP contribution in [0.1, 0.15) is 5.69 Å². The minimum absolute atomic E-state index is 0.287. The molecule has 0 spiro atoms. The molecule has 0 unspecified atom stereocenters. The maximum Gasteiger partial charge on any atom is 0.115 e. The monoisotopic (exact) mass is 252 g/mol. The molecule has 0 bridgehead atoms. The number of aromatic hydroxyl groups is 1. The molecule has 3 nitrogen and oxygen atoms in total. The Morgan fingerprint density at radius 3 is 2.53 bits per heavy atom. The molecule has 0 atom stereocenters. The van der Waals surface area contributed by atoms with Crippen LogP contribution >= 0.6 is 0 Å². The molecule has 0 aliphatic heterocycles. The maximum atomic E-state index is 9.25. The quantitative estimate of drug-likeness (QED) is 0.700. The molecule has 19 heavy (non-hydrogen) atoms. The largest absolute Gasteiger partial charge is 0.508 e. The van der Waals surface area contributed by atoms with Crippen LogP contribution in [0.15, 0.2) is 54.6 Å². The van der Waals surface area contributed by atoms with E-state index >= 15 is 0 Å². The smallest absolute Gasteiger partial charge is 0.115 e. The summed E-state index contributed by atoms with van der Waals surface area (Å²) in [6, 6.07) is 17.7. The number of hydrogen-bond donors (Lipinski definition) is 2. The Bertz CT molecular complexity index is 698. The van der Waals surface area contributed by atoms with E-state index in [2.05, 4.69) is 47.3 Å². The number of hydrogen-bond acceptors (Lipinski definition) is 2. The molecule has 1 heterocycles. The molecule has 0 fully saturated rings. The molecule has 2 N–H and O–H groups in total. The summed E-state index contributed by atoms with van der Waals surface area (Å²) in [6.07, 6.45) is 0. The van der Waals surface area contributed by atoms with E-state index in [-0.39, 0.29) is 5.75 Å². The predicted octanol–water partition coefficient (Wildman–Crippen LogP) is 3.50. The zero-order valence-electron chi connectivity index (χ0n) is 10.8. The standard InChI is InChI=1S/C16H16N2O/c1-18-14(10-12-4-2-3-5-16(12)18)11-17-13-6-8-15(19)9-7-13/h2-10,17,19H,11H2,1H3. The van der Waals surface area contributed by atoms with Crippen molar-refractivity contribution in [2.75, 3.05) is 5.32 Å². The first-order chi connectivity index (χ1) is 9.24. The van der Waals surface area contributed by atoms with Crippen molar-refractivity contribution in [3.05, 3.63) is 60.3 Å². The molecule has 0 radical (unpaired) electrons. The summed E-state index contributed by atoms with van der Waals surface area (Å²) in [6.45, 7) is 0.760. The van der Waals surface area contributed by atoms with E-state index in [9.17, 15) is 5.11 Å². The summed E-state index contributed by atoms with van der Waals surface area (Å²) >= 11 is 0. The first-order valence-electron chi connectivity index (χ1n) is 6.30. The van der Waals surface area contributed by atoms with Crippen molar-refractivity contribution >= 4 is 16.6 Å². The van der Waals surface area contributed by atoms with Gasteiger partial charge in [-0.2, -0.15) is 0 Å². The molecular weight excluding hydrogens is 236 g/mol. The second-order valence-electron chi connectivity index (χ2n) is 4.65. The molecule has 96 valence electrons. The Kier molecular flexibility index (Phi) is 2.88. The van der Waals surface area contributed by atoms with E-state index in [0.717, 1.165) is 12.2 Å². The lowest BCUT2D eigenvalue weighted by Crippen LogP contribution is -2.04. The molecule has 0 saturated carbocycles. The third kappa shape index (κ3) is 2.27. The van der Waals surface area contributed by atoms with E-state index in [4.69, 9.17) is 0 Å². The molecule has 0 aliphatic rings. The second-order valence-corrected chi connectivity index (χ2v) is 4.65. The summed E-state index contributed by atoms with van der Waals surface area (Å²) in [5.41, 5.74) is 3.47. The van der Waals surface area contributed by atoms with Crippen LogP contribution in [-0.4, -0.2) is 9.67 Å². The Morgan fingerprint density at radius 1 is 1.05 bits per heavy atom. The molecule has 0 amide bonds. The zero-order chi connectivity index (χ0) is 13.2. The topological polar surface area (TPSA) is 37.2 Å². The summed E-state index contributed by atoms with van der Waals surface area (Å²) in [7, 11) is 2.08. The number of benzene rings is 2. The number of para-hydroxylation sites is 1. The minimum Gasteiger partial charge on any atom is -0.508 e. The molecule has 0 saturated heterocycles. The first-order valence-corrected chi connectivity index (χ1v) is 6.30. The van der Waals surface area contributed by atoms with Crippen molar-refractivity contribution in [2.24, 2.45) is 7.05 Å². The molecule has 2 aromatic carbocycles.